The van der Waals surface area contributed by atoms with Gasteiger partial charge in [0, 0.05) is 10.9 Å². The van der Waals surface area contributed by atoms with E-state index in [1.165, 1.54) is 10.7 Å². The van der Waals surface area contributed by atoms with E-state index < -0.39 is 0 Å². The van der Waals surface area contributed by atoms with Crippen LogP contribution in [0.1, 0.15) is 11.1 Å². The third-order valence-electron chi connectivity index (χ3n) is 5.95. The van der Waals surface area contributed by atoms with Gasteiger partial charge in [0.2, 0.25) is 5.82 Å². The summed E-state index contributed by atoms with van der Waals surface area (Å²) in [5.41, 5.74) is 2.18. The first kappa shape index (κ1) is 22.4. The maximum absolute atomic E-state index is 13.8. The van der Waals surface area contributed by atoms with E-state index in [1.54, 1.807) is 66.9 Å². The third-order valence-corrected chi connectivity index (χ3v) is 5.95. The van der Waals surface area contributed by atoms with E-state index in [0.29, 0.717) is 39.4 Å². The van der Waals surface area contributed by atoms with Gasteiger partial charge in [0.25, 0.3) is 5.56 Å². The van der Waals surface area contributed by atoms with Crippen molar-refractivity contribution in [3.05, 3.63) is 130 Å². The zero-order chi connectivity index (χ0) is 25.2. The fraction of sp³-hybridized carbons (Fsp3) is 0.0333. The van der Waals surface area contributed by atoms with Crippen LogP contribution in [0, 0.1) is 5.82 Å². The number of halogens is 1. The molecule has 0 bridgehead atoms. The van der Waals surface area contributed by atoms with Crippen LogP contribution in [0.25, 0.3) is 33.5 Å². The van der Waals surface area contributed by atoms with E-state index in [2.05, 4.69) is 5.10 Å². The number of nitrogens with zero attached hydrogens (tertiary/aromatic N) is 3. The van der Waals surface area contributed by atoms with Gasteiger partial charge in [0.1, 0.15) is 23.8 Å². The Bertz CT molecular complexity index is 1790. The molecule has 0 saturated heterocycles. The summed E-state index contributed by atoms with van der Waals surface area (Å²) < 4.78 is 26.8. The number of ether oxygens (including phenoxy) is 1. The number of aromatic nitrogens is 2. The minimum Gasteiger partial charge on any atom is -0.489 e. The molecule has 0 amide bonds. The van der Waals surface area contributed by atoms with Crippen LogP contribution in [0.4, 0.5) is 4.39 Å². The van der Waals surface area contributed by atoms with Gasteiger partial charge in [-0.15, -0.1) is 0 Å². The Balaban J connectivity index is 1.33. The van der Waals surface area contributed by atoms with Gasteiger partial charge in [0.05, 0.1) is 17.1 Å². The molecule has 0 unspecified atom stereocenters. The predicted molar refractivity (Wildman–Crippen MR) is 141 cm³/mol. The fourth-order valence-corrected chi connectivity index (χ4v) is 4.03. The zero-order valence-electron chi connectivity index (χ0n) is 19.5. The second-order valence-electron chi connectivity index (χ2n) is 8.41. The minimum absolute atomic E-state index is 0.124. The van der Waals surface area contributed by atoms with Crippen LogP contribution in [0.5, 0.6) is 5.75 Å². The molecule has 2 heterocycles. The standard InChI is InChI=1S/C30H20FN3O3/c31-25-10-4-1-8-22(25)19-36-23-15-13-20(14-16-23)18-32-34-29(28-17-21-7-2-6-12-27(21)37-28)33-26-11-5-3-9-24(26)30(34)35/h1-18H,19H2. The molecule has 6 aromatic rings. The maximum atomic E-state index is 13.8. The predicted octanol–water partition coefficient (Wildman–Crippen LogP) is 6.41. The fourth-order valence-electron chi connectivity index (χ4n) is 4.03. The third kappa shape index (κ3) is 4.50. The molecule has 0 fully saturated rings. The van der Waals surface area contributed by atoms with Gasteiger partial charge in [-0.3, -0.25) is 4.79 Å². The van der Waals surface area contributed by atoms with Crippen LogP contribution in [-0.4, -0.2) is 15.9 Å². The van der Waals surface area contributed by atoms with E-state index in [-0.39, 0.29) is 18.0 Å². The van der Waals surface area contributed by atoms with Crippen LogP contribution >= 0.6 is 0 Å². The van der Waals surface area contributed by atoms with Gasteiger partial charge in [-0.2, -0.15) is 9.78 Å². The molecule has 180 valence electrons. The largest absolute Gasteiger partial charge is 0.489 e. The molecular formula is C30H20FN3O3. The van der Waals surface area contributed by atoms with Gasteiger partial charge in [0.15, 0.2) is 5.76 Å². The van der Waals surface area contributed by atoms with E-state index in [0.717, 1.165) is 10.9 Å². The topological polar surface area (TPSA) is 69.6 Å². The van der Waals surface area contributed by atoms with Crippen LogP contribution in [0.2, 0.25) is 0 Å². The quantitative estimate of drug-likeness (QED) is 0.254. The molecule has 0 saturated carbocycles. The molecule has 0 N–H and O–H groups in total. The summed E-state index contributed by atoms with van der Waals surface area (Å²) in [6.07, 6.45) is 1.57. The summed E-state index contributed by atoms with van der Waals surface area (Å²) in [5, 5.41) is 5.83. The zero-order valence-corrected chi connectivity index (χ0v) is 19.5. The van der Waals surface area contributed by atoms with Gasteiger partial charge < -0.3 is 9.15 Å². The molecule has 7 heteroatoms. The molecule has 37 heavy (non-hydrogen) atoms. The first-order valence-corrected chi connectivity index (χ1v) is 11.7. The van der Waals surface area contributed by atoms with Crippen molar-refractivity contribution in [2.24, 2.45) is 5.10 Å². The van der Waals surface area contributed by atoms with Crippen molar-refractivity contribution in [2.45, 2.75) is 6.61 Å². The van der Waals surface area contributed by atoms with E-state index >= 15 is 0 Å². The van der Waals surface area contributed by atoms with Crippen molar-refractivity contribution in [3.63, 3.8) is 0 Å². The number of benzene rings is 4. The Morgan fingerprint density at radius 2 is 1.68 bits per heavy atom. The summed E-state index contributed by atoms with van der Waals surface area (Å²) in [6, 6.07) is 30.2. The highest BCUT2D eigenvalue weighted by Gasteiger charge is 2.16. The Morgan fingerprint density at radius 3 is 2.51 bits per heavy atom. The van der Waals surface area contributed by atoms with Gasteiger partial charge in [-0.25, -0.2) is 9.37 Å². The second kappa shape index (κ2) is 9.54. The van der Waals surface area contributed by atoms with Crippen molar-refractivity contribution in [1.29, 1.82) is 0 Å². The first-order chi connectivity index (χ1) is 18.2. The number of fused-ring (bicyclic) bond motifs is 2. The summed E-state index contributed by atoms with van der Waals surface area (Å²) in [5.74, 6) is 1.04. The maximum Gasteiger partial charge on any atom is 0.282 e. The van der Waals surface area contributed by atoms with Crippen molar-refractivity contribution in [3.8, 4) is 17.3 Å². The molecule has 0 radical (unpaired) electrons. The average Bonchev–Trinajstić information content (AvgIpc) is 3.37. The summed E-state index contributed by atoms with van der Waals surface area (Å²) >= 11 is 0. The van der Waals surface area contributed by atoms with Gasteiger partial charge >= 0.3 is 0 Å². The lowest BCUT2D eigenvalue weighted by molar-refractivity contribution is 0.300. The number of furan rings is 1. The monoisotopic (exact) mass is 489 g/mol. The molecule has 0 aliphatic carbocycles. The molecule has 0 spiro atoms. The Labute approximate surface area is 210 Å². The second-order valence-corrected chi connectivity index (χ2v) is 8.41. The molecule has 6 nitrogen and oxygen atoms in total. The number of rotatable bonds is 6. The van der Waals surface area contributed by atoms with Crippen molar-refractivity contribution in [2.75, 3.05) is 0 Å². The molecule has 0 aliphatic heterocycles. The van der Waals surface area contributed by atoms with Crippen molar-refractivity contribution >= 4 is 28.1 Å². The lowest BCUT2D eigenvalue weighted by Crippen LogP contribution is -2.20. The molecular weight excluding hydrogens is 469 g/mol. The molecule has 6 rings (SSSR count). The Morgan fingerprint density at radius 1 is 0.919 bits per heavy atom. The van der Waals surface area contributed by atoms with E-state index in [9.17, 15) is 9.18 Å². The van der Waals surface area contributed by atoms with Gasteiger partial charge in [-0.1, -0.05) is 48.5 Å². The number of hydrogen-bond acceptors (Lipinski definition) is 5. The van der Waals surface area contributed by atoms with Crippen molar-refractivity contribution < 1.29 is 13.5 Å². The minimum atomic E-state index is -0.305. The van der Waals surface area contributed by atoms with Gasteiger partial charge in [-0.05, 0) is 60.2 Å². The Kier molecular flexibility index (Phi) is 5.78. The van der Waals surface area contributed by atoms with Crippen molar-refractivity contribution in [1.82, 2.24) is 9.66 Å². The molecule has 0 atom stereocenters. The molecule has 4 aromatic carbocycles. The normalized spacial score (nSPS) is 11.5. The van der Waals surface area contributed by atoms with E-state index in [1.807, 2.05) is 36.4 Å². The Hall–Kier alpha value is -5.04. The number of hydrogen-bond donors (Lipinski definition) is 0. The lowest BCUT2D eigenvalue weighted by Gasteiger charge is -2.08. The lowest BCUT2D eigenvalue weighted by atomic mass is 10.2. The summed E-state index contributed by atoms with van der Waals surface area (Å²) in [4.78, 5) is 18.1. The SMILES string of the molecule is O=c1c2ccccc2nc(-c2cc3ccccc3o2)n1N=Cc1ccc(OCc2ccccc2F)cc1. The smallest absolute Gasteiger partial charge is 0.282 e. The molecule has 2 aromatic heterocycles. The highest BCUT2D eigenvalue weighted by Crippen LogP contribution is 2.27. The summed E-state index contributed by atoms with van der Waals surface area (Å²) in [6.45, 7) is 0.124. The highest BCUT2D eigenvalue weighted by atomic mass is 19.1. The highest BCUT2D eigenvalue weighted by molar-refractivity contribution is 5.84. The molecule has 0 aliphatic rings. The average molecular weight is 490 g/mol. The summed E-state index contributed by atoms with van der Waals surface area (Å²) in [7, 11) is 0. The first-order valence-electron chi connectivity index (χ1n) is 11.7. The number of para-hydroxylation sites is 2. The van der Waals surface area contributed by atoms with Crippen LogP contribution in [0.15, 0.2) is 117 Å². The van der Waals surface area contributed by atoms with Crippen LogP contribution in [-0.2, 0) is 6.61 Å². The van der Waals surface area contributed by atoms with Crippen LogP contribution in [0.3, 0.4) is 0 Å². The van der Waals surface area contributed by atoms with E-state index in [4.69, 9.17) is 14.1 Å². The van der Waals surface area contributed by atoms with Crippen LogP contribution < -0.4 is 10.3 Å².